The first-order valence-electron chi connectivity index (χ1n) is 6.87. The Morgan fingerprint density at radius 1 is 1.11 bits per heavy atom. The van der Waals surface area contributed by atoms with Gasteiger partial charge in [0.15, 0.2) is 11.5 Å². The molecule has 0 radical (unpaired) electrons. The molecular weight excluding hydrogens is 244 g/mol. The van der Waals surface area contributed by atoms with E-state index in [1.165, 1.54) is 11.1 Å². The Balaban J connectivity index is 1.69. The second-order valence-electron chi connectivity index (χ2n) is 5.20. The average Bonchev–Trinajstić information content (AvgIpc) is 2.92. The third-order valence-electron chi connectivity index (χ3n) is 4.13. The second-order valence-corrected chi connectivity index (χ2v) is 5.20. The van der Waals surface area contributed by atoms with E-state index in [1.54, 1.807) is 0 Å². The van der Waals surface area contributed by atoms with Crippen LogP contribution >= 0.6 is 0 Å². The highest BCUT2D eigenvalue weighted by Crippen LogP contribution is 2.39. The Morgan fingerprint density at radius 3 is 2.74 bits per heavy atom. The quantitative estimate of drug-likeness (QED) is 0.814. The molecule has 102 valence electrons. The first-order valence-corrected chi connectivity index (χ1v) is 6.87. The van der Waals surface area contributed by atoms with Crippen molar-refractivity contribution in [2.45, 2.75) is 12.6 Å². The number of benzene rings is 1. The van der Waals surface area contributed by atoms with E-state index >= 15 is 0 Å². The maximum atomic E-state index is 5.51. The summed E-state index contributed by atoms with van der Waals surface area (Å²) in [4.78, 5) is 2.50. The van der Waals surface area contributed by atoms with Crippen molar-refractivity contribution in [1.82, 2.24) is 10.2 Å². The van der Waals surface area contributed by atoms with Crippen LogP contribution in [0.2, 0.25) is 0 Å². The first kappa shape index (κ1) is 11.5. The van der Waals surface area contributed by atoms with E-state index in [-0.39, 0.29) is 0 Å². The number of hydrogen-bond donors (Lipinski definition) is 1. The van der Waals surface area contributed by atoms with E-state index in [0.717, 1.165) is 50.9 Å². The van der Waals surface area contributed by atoms with Crippen molar-refractivity contribution in [3.05, 3.63) is 23.3 Å². The standard InChI is InChI=1S/C14H18N2O3/c1-3-17-4-2-16(1)12-8-15-7-10-5-13-14(6-11(10)12)19-9-18-13/h5-6,12,15H,1-4,7-9H2/t12-/m1/s1. The summed E-state index contributed by atoms with van der Waals surface area (Å²) in [6.07, 6.45) is 0. The fourth-order valence-electron chi connectivity index (χ4n) is 3.13. The molecule has 0 aliphatic carbocycles. The van der Waals surface area contributed by atoms with Crippen molar-refractivity contribution < 1.29 is 14.2 Å². The largest absolute Gasteiger partial charge is 0.454 e. The normalized spacial score (nSPS) is 26.2. The first-order chi connectivity index (χ1) is 9.42. The molecule has 0 bridgehead atoms. The van der Waals surface area contributed by atoms with E-state index in [0.29, 0.717) is 12.8 Å². The van der Waals surface area contributed by atoms with Gasteiger partial charge in [0.05, 0.1) is 13.2 Å². The lowest BCUT2D eigenvalue weighted by molar-refractivity contribution is 0.0146. The number of nitrogens with zero attached hydrogens (tertiary/aromatic N) is 1. The van der Waals surface area contributed by atoms with E-state index in [4.69, 9.17) is 14.2 Å². The molecule has 0 spiro atoms. The van der Waals surface area contributed by atoms with Crippen LogP contribution in [0.15, 0.2) is 12.1 Å². The van der Waals surface area contributed by atoms with Gasteiger partial charge in [-0.3, -0.25) is 4.90 Å². The number of rotatable bonds is 1. The number of ether oxygens (including phenoxy) is 3. The molecule has 5 nitrogen and oxygen atoms in total. The SMILES string of the molecule is c1c2c(cc3c1OCO3)[C@H](N1CCOCC1)CNC2. The van der Waals surface area contributed by atoms with Gasteiger partial charge in [0.2, 0.25) is 6.79 Å². The summed E-state index contributed by atoms with van der Waals surface area (Å²) in [5, 5.41) is 3.50. The molecule has 0 amide bonds. The molecule has 5 heteroatoms. The van der Waals surface area contributed by atoms with Crippen molar-refractivity contribution in [2.24, 2.45) is 0 Å². The van der Waals surface area contributed by atoms with Crippen LogP contribution in [0.25, 0.3) is 0 Å². The molecule has 1 fully saturated rings. The summed E-state index contributed by atoms with van der Waals surface area (Å²) >= 11 is 0. The van der Waals surface area contributed by atoms with Gasteiger partial charge in [-0.2, -0.15) is 0 Å². The number of fused-ring (bicyclic) bond motifs is 2. The lowest BCUT2D eigenvalue weighted by Crippen LogP contribution is -2.45. The van der Waals surface area contributed by atoms with Crippen LogP contribution in [-0.2, 0) is 11.3 Å². The summed E-state index contributed by atoms with van der Waals surface area (Å²) < 4.78 is 16.4. The Morgan fingerprint density at radius 2 is 1.89 bits per heavy atom. The second kappa shape index (κ2) is 4.67. The molecule has 3 aliphatic rings. The van der Waals surface area contributed by atoms with Gasteiger partial charge in [0, 0.05) is 32.2 Å². The van der Waals surface area contributed by atoms with Crippen LogP contribution in [0.4, 0.5) is 0 Å². The van der Waals surface area contributed by atoms with Gasteiger partial charge in [-0.05, 0) is 23.3 Å². The molecule has 0 unspecified atom stereocenters. The Hall–Kier alpha value is -1.30. The summed E-state index contributed by atoms with van der Waals surface area (Å²) in [6.45, 7) is 5.90. The molecule has 1 atom stereocenters. The van der Waals surface area contributed by atoms with Crippen LogP contribution in [-0.4, -0.2) is 44.5 Å². The molecule has 3 aliphatic heterocycles. The smallest absolute Gasteiger partial charge is 0.231 e. The minimum atomic E-state index is 0.341. The van der Waals surface area contributed by atoms with Crippen LogP contribution in [0.3, 0.4) is 0 Å². The van der Waals surface area contributed by atoms with E-state index < -0.39 is 0 Å². The Kier molecular flexibility index (Phi) is 2.83. The fraction of sp³-hybridized carbons (Fsp3) is 0.571. The average molecular weight is 262 g/mol. The van der Waals surface area contributed by atoms with Gasteiger partial charge in [0.1, 0.15) is 0 Å². The lowest BCUT2D eigenvalue weighted by Gasteiger charge is -2.38. The Labute approximate surface area is 112 Å². The zero-order valence-electron chi connectivity index (χ0n) is 10.9. The van der Waals surface area contributed by atoms with Crippen molar-refractivity contribution in [1.29, 1.82) is 0 Å². The summed E-state index contributed by atoms with van der Waals surface area (Å²) in [6, 6.07) is 4.71. The maximum absolute atomic E-state index is 5.51. The number of nitrogens with one attached hydrogen (secondary N) is 1. The fourth-order valence-corrected chi connectivity index (χ4v) is 3.13. The van der Waals surface area contributed by atoms with Gasteiger partial charge in [-0.1, -0.05) is 0 Å². The van der Waals surface area contributed by atoms with Gasteiger partial charge >= 0.3 is 0 Å². The number of morpholine rings is 1. The summed E-state index contributed by atoms with van der Waals surface area (Å²) in [7, 11) is 0. The lowest BCUT2D eigenvalue weighted by atomic mass is 9.94. The molecule has 19 heavy (non-hydrogen) atoms. The predicted octanol–water partition coefficient (Wildman–Crippen LogP) is 0.892. The van der Waals surface area contributed by atoms with Crippen LogP contribution < -0.4 is 14.8 Å². The highest BCUT2D eigenvalue weighted by Gasteiger charge is 2.29. The molecule has 1 saturated heterocycles. The third-order valence-corrected chi connectivity index (χ3v) is 4.13. The van der Waals surface area contributed by atoms with Crippen molar-refractivity contribution in [3.8, 4) is 11.5 Å². The molecule has 0 saturated carbocycles. The zero-order valence-corrected chi connectivity index (χ0v) is 10.9. The third kappa shape index (κ3) is 1.98. The van der Waals surface area contributed by atoms with E-state index in [9.17, 15) is 0 Å². The summed E-state index contributed by atoms with van der Waals surface area (Å²) in [5.41, 5.74) is 2.71. The molecular formula is C14H18N2O3. The predicted molar refractivity (Wildman–Crippen MR) is 69.4 cm³/mol. The highest BCUT2D eigenvalue weighted by molar-refractivity contribution is 5.50. The van der Waals surface area contributed by atoms with Gasteiger partial charge in [-0.25, -0.2) is 0 Å². The zero-order chi connectivity index (χ0) is 12.7. The van der Waals surface area contributed by atoms with Gasteiger partial charge in [-0.15, -0.1) is 0 Å². The molecule has 1 aromatic rings. The molecule has 1 aromatic carbocycles. The van der Waals surface area contributed by atoms with Crippen molar-refractivity contribution in [3.63, 3.8) is 0 Å². The van der Waals surface area contributed by atoms with Gasteiger partial charge < -0.3 is 19.5 Å². The highest BCUT2D eigenvalue weighted by atomic mass is 16.7. The van der Waals surface area contributed by atoms with Gasteiger partial charge in [0.25, 0.3) is 0 Å². The molecule has 0 aromatic heterocycles. The van der Waals surface area contributed by atoms with Crippen molar-refractivity contribution >= 4 is 0 Å². The van der Waals surface area contributed by atoms with Crippen LogP contribution in [0.5, 0.6) is 11.5 Å². The molecule has 3 heterocycles. The number of hydrogen-bond acceptors (Lipinski definition) is 5. The topological polar surface area (TPSA) is 43.0 Å². The molecule has 4 rings (SSSR count). The van der Waals surface area contributed by atoms with Crippen molar-refractivity contribution in [2.75, 3.05) is 39.6 Å². The van der Waals surface area contributed by atoms with Crippen LogP contribution in [0.1, 0.15) is 17.2 Å². The van der Waals surface area contributed by atoms with Crippen LogP contribution in [0, 0.1) is 0 Å². The Bertz CT molecular complexity index is 486. The van der Waals surface area contributed by atoms with E-state index in [2.05, 4.69) is 22.3 Å². The molecule has 1 N–H and O–H groups in total. The minimum Gasteiger partial charge on any atom is -0.454 e. The maximum Gasteiger partial charge on any atom is 0.231 e. The summed E-state index contributed by atoms with van der Waals surface area (Å²) in [5.74, 6) is 1.77. The monoisotopic (exact) mass is 262 g/mol. The minimum absolute atomic E-state index is 0.341. The van der Waals surface area contributed by atoms with E-state index in [1.807, 2.05) is 0 Å².